The van der Waals surface area contributed by atoms with Gasteiger partial charge in [0.25, 0.3) is 11.5 Å². The van der Waals surface area contributed by atoms with Crippen molar-refractivity contribution in [1.29, 1.82) is 0 Å². The van der Waals surface area contributed by atoms with Gasteiger partial charge in [0, 0.05) is 5.69 Å². The number of aromatic nitrogens is 1. The van der Waals surface area contributed by atoms with E-state index in [0.717, 1.165) is 11.3 Å². The number of thiazole rings is 1. The van der Waals surface area contributed by atoms with E-state index < -0.39 is 12.7 Å². The van der Waals surface area contributed by atoms with E-state index in [9.17, 15) is 18.4 Å². The number of benzene rings is 3. The molecule has 1 aromatic heterocycles. The number of alkyl halides is 2. The quantitative estimate of drug-likeness (QED) is 0.333. The van der Waals surface area contributed by atoms with E-state index in [1.54, 1.807) is 50.4 Å². The van der Waals surface area contributed by atoms with Gasteiger partial charge in [-0.1, -0.05) is 47.7 Å². The highest BCUT2D eigenvalue weighted by Gasteiger charge is 2.32. The first kappa shape index (κ1) is 27.8. The van der Waals surface area contributed by atoms with Crippen molar-refractivity contribution in [2.45, 2.75) is 19.6 Å². The number of carbonyl (C=O) groups excluding carboxylic acids is 1. The van der Waals surface area contributed by atoms with Crippen LogP contribution in [0.3, 0.4) is 0 Å². The summed E-state index contributed by atoms with van der Waals surface area (Å²) in [6.07, 6.45) is 1.62. The van der Waals surface area contributed by atoms with Gasteiger partial charge in [0.1, 0.15) is 5.75 Å². The molecule has 1 atom stereocenters. The van der Waals surface area contributed by atoms with E-state index >= 15 is 0 Å². The maximum Gasteiger partial charge on any atom is 0.387 e. The molecule has 1 aliphatic heterocycles. The molecule has 3 aromatic carbocycles. The number of ether oxygens (including phenoxy) is 3. The lowest BCUT2D eigenvalue weighted by Crippen LogP contribution is -2.40. The number of amides is 1. The molecule has 1 N–H and O–H groups in total. The number of anilines is 1. The fourth-order valence-corrected chi connectivity index (χ4v) is 5.60. The molecule has 1 amide bonds. The average Bonchev–Trinajstić information content (AvgIpc) is 3.27. The van der Waals surface area contributed by atoms with Crippen molar-refractivity contribution in [3.63, 3.8) is 0 Å². The molecule has 4 aromatic rings. The Morgan fingerprint density at radius 3 is 2.41 bits per heavy atom. The van der Waals surface area contributed by atoms with Crippen molar-refractivity contribution in [2.24, 2.45) is 4.99 Å². The molecule has 0 saturated carbocycles. The van der Waals surface area contributed by atoms with Crippen LogP contribution in [0.25, 0.3) is 6.08 Å². The summed E-state index contributed by atoms with van der Waals surface area (Å²) in [6.45, 7) is -1.27. The lowest BCUT2D eigenvalue weighted by molar-refractivity contribution is -0.113. The number of allylic oxidation sites excluding steroid dienone is 1. The van der Waals surface area contributed by atoms with Crippen molar-refractivity contribution in [1.82, 2.24) is 4.57 Å². The molecule has 2 heterocycles. The molecule has 41 heavy (non-hydrogen) atoms. The Labute approximate surface area is 237 Å². The van der Waals surface area contributed by atoms with Crippen molar-refractivity contribution < 1.29 is 27.8 Å². The lowest BCUT2D eigenvalue weighted by atomic mass is 9.95. The maximum atomic E-state index is 13.9. The molecule has 0 fully saturated rings. The molecule has 5 rings (SSSR count). The van der Waals surface area contributed by atoms with E-state index in [0.29, 0.717) is 43.2 Å². The van der Waals surface area contributed by atoms with Crippen LogP contribution in [-0.2, 0) is 4.79 Å². The Kier molecular flexibility index (Phi) is 7.97. The minimum absolute atomic E-state index is 0.0960. The van der Waals surface area contributed by atoms with Gasteiger partial charge in [-0.25, -0.2) is 4.99 Å². The van der Waals surface area contributed by atoms with Crippen LogP contribution in [0.15, 0.2) is 93.9 Å². The summed E-state index contributed by atoms with van der Waals surface area (Å²) in [5, 5.41) is 2.91. The van der Waals surface area contributed by atoms with Gasteiger partial charge in [-0.05, 0) is 60.5 Å². The predicted octanol–water partition coefficient (Wildman–Crippen LogP) is 4.49. The number of halogens is 2. The summed E-state index contributed by atoms with van der Waals surface area (Å²) in [6, 6.07) is 19.8. The summed E-state index contributed by atoms with van der Waals surface area (Å²) >= 11 is 1.16. The van der Waals surface area contributed by atoms with Gasteiger partial charge < -0.3 is 19.5 Å². The van der Waals surface area contributed by atoms with Crippen LogP contribution >= 0.6 is 11.3 Å². The molecule has 0 aliphatic carbocycles. The first-order valence-corrected chi connectivity index (χ1v) is 13.3. The Morgan fingerprint density at radius 1 is 1.02 bits per heavy atom. The predicted molar refractivity (Wildman–Crippen MR) is 151 cm³/mol. The largest absolute Gasteiger partial charge is 0.497 e. The van der Waals surface area contributed by atoms with E-state index in [2.05, 4.69) is 15.0 Å². The van der Waals surface area contributed by atoms with Crippen LogP contribution in [0.4, 0.5) is 14.5 Å². The van der Waals surface area contributed by atoms with Gasteiger partial charge in [-0.3, -0.25) is 14.2 Å². The van der Waals surface area contributed by atoms with Gasteiger partial charge in [-0.15, -0.1) is 0 Å². The topological polar surface area (TPSA) is 91.2 Å². The second-order valence-corrected chi connectivity index (χ2v) is 9.97. The fourth-order valence-electron chi connectivity index (χ4n) is 4.55. The van der Waals surface area contributed by atoms with Gasteiger partial charge in [0.05, 0.1) is 36.1 Å². The lowest BCUT2D eigenvalue weighted by Gasteiger charge is -2.25. The van der Waals surface area contributed by atoms with Gasteiger partial charge in [-0.2, -0.15) is 8.78 Å². The van der Waals surface area contributed by atoms with Crippen molar-refractivity contribution in [3.8, 4) is 17.2 Å². The number of carbonyl (C=O) groups is 1. The van der Waals surface area contributed by atoms with Crippen LogP contribution in [0.1, 0.15) is 24.1 Å². The molecular formula is C30H25F2N3O5S. The van der Waals surface area contributed by atoms with E-state index in [1.807, 2.05) is 30.3 Å². The first-order valence-electron chi connectivity index (χ1n) is 12.4. The average molecular weight is 578 g/mol. The summed E-state index contributed by atoms with van der Waals surface area (Å²) in [4.78, 5) is 32.6. The smallest absolute Gasteiger partial charge is 0.387 e. The fraction of sp³-hybridized carbons (Fsp3) is 0.167. The summed E-state index contributed by atoms with van der Waals surface area (Å²) in [5.41, 5.74) is 2.28. The number of nitrogens with one attached hydrogen (secondary N) is 1. The zero-order chi connectivity index (χ0) is 29.1. The van der Waals surface area contributed by atoms with Crippen LogP contribution in [0, 0.1) is 0 Å². The number of rotatable bonds is 8. The molecule has 0 bridgehead atoms. The first-order chi connectivity index (χ1) is 19.8. The molecule has 210 valence electrons. The minimum Gasteiger partial charge on any atom is -0.497 e. The molecular weight excluding hydrogens is 552 g/mol. The second-order valence-electron chi connectivity index (χ2n) is 8.96. The number of methoxy groups -OCH3 is 2. The van der Waals surface area contributed by atoms with Gasteiger partial charge in [0.2, 0.25) is 0 Å². The van der Waals surface area contributed by atoms with Crippen LogP contribution in [0.2, 0.25) is 0 Å². The third-order valence-electron chi connectivity index (χ3n) is 6.43. The van der Waals surface area contributed by atoms with E-state index in [4.69, 9.17) is 9.47 Å². The van der Waals surface area contributed by atoms with E-state index in [1.165, 1.54) is 23.8 Å². The second kappa shape index (κ2) is 11.8. The highest BCUT2D eigenvalue weighted by molar-refractivity contribution is 7.07. The Morgan fingerprint density at radius 2 is 1.76 bits per heavy atom. The van der Waals surface area contributed by atoms with Crippen LogP contribution < -0.4 is 34.4 Å². The number of hydrogen-bond donors (Lipinski definition) is 1. The van der Waals surface area contributed by atoms with Crippen molar-refractivity contribution in [3.05, 3.63) is 115 Å². The third-order valence-corrected chi connectivity index (χ3v) is 7.41. The molecule has 8 nitrogen and oxygen atoms in total. The SMILES string of the molecule is COc1ccc(C2C(C(=O)Nc3ccccc3)=C(C)N=c3s/c(=C/c4ccc(OC(F)F)c(OC)c4)c(=O)n32)cc1. The maximum absolute atomic E-state index is 13.9. The minimum atomic E-state index is -3.01. The van der Waals surface area contributed by atoms with Crippen LogP contribution in [-0.4, -0.2) is 31.3 Å². The summed E-state index contributed by atoms with van der Waals surface area (Å²) in [7, 11) is 2.90. The molecule has 1 aliphatic rings. The van der Waals surface area contributed by atoms with Crippen LogP contribution in [0.5, 0.6) is 17.2 Å². The third kappa shape index (κ3) is 5.75. The Balaban J connectivity index is 1.63. The zero-order valence-corrected chi connectivity index (χ0v) is 23.1. The highest BCUT2D eigenvalue weighted by atomic mass is 32.1. The monoisotopic (exact) mass is 577 g/mol. The normalized spacial score (nSPS) is 14.9. The number of nitrogens with zero attached hydrogens (tertiary/aromatic N) is 2. The number of hydrogen-bond acceptors (Lipinski definition) is 7. The molecule has 1 unspecified atom stereocenters. The van der Waals surface area contributed by atoms with Crippen molar-refractivity contribution in [2.75, 3.05) is 19.5 Å². The zero-order valence-electron chi connectivity index (χ0n) is 22.3. The molecule has 0 radical (unpaired) electrons. The van der Waals surface area contributed by atoms with Gasteiger partial charge >= 0.3 is 6.61 Å². The highest BCUT2D eigenvalue weighted by Crippen LogP contribution is 2.32. The standard InChI is InChI=1S/C30H25F2N3O5S/c1-17-25(27(36)34-20-7-5-4-6-8-20)26(19-10-12-21(38-2)13-11-19)35-28(37)24(41-30(35)33-17)16-18-9-14-22(40-29(31)32)23(15-18)39-3/h4-16,26,29H,1-3H3,(H,34,36)/b24-16+. The molecule has 0 saturated heterocycles. The number of para-hydroxylation sites is 1. The Hall–Kier alpha value is -4.77. The molecule has 0 spiro atoms. The number of fused-ring (bicyclic) bond motifs is 1. The van der Waals surface area contributed by atoms with Gasteiger partial charge in [0.15, 0.2) is 16.3 Å². The summed E-state index contributed by atoms with van der Waals surface area (Å²) < 4.78 is 42.3. The molecule has 11 heteroatoms. The Bertz CT molecular complexity index is 1800. The van der Waals surface area contributed by atoms with E-state index in [-0.39, 0.29) is 23.0 Å². The summed E-state index contributed by atoms with van der Waals surface area (Å²) in [5.74, 6) is 0.223. The van der Waals surface area contributed by atoms with Crippen molar-refractivity contribution >= 4 is 29.0 Å².